The van der Waals surface area contributed by atoms with Crippen LogP contribution in [0.4, 0.5) is 14.5 Å². The van der Waals surface area contributed by atoms with Crippen LogP contribution < -0.4 is 4.72 Å². The first-order chi connectivity index (χ1) is 12.4. The van der Waals surface area contributed by atoms with E-state index in [4.69, 9.17) is 4.74 Å². The number of ether oxygens (including phenoxy) is 1. The highest BCUT2D eigenvalue weighted by atomic mass is 32.2. The fourth-order valence-electron chi connectivity index (χ4n) is 2.94. The van der Waals surface area contributed by atoms with Crippen molar-refractivity contribution in [2.24, 2.45) is 0 Å². The van der Waals surface area contributed by atoms with Crippen LogP contribution >= 0.6 is 0 Å². The minimum Gasteiger partial charge on any atom is -0.370 e. The molecule has 1 saturated heterocycles. The molecule has 1 aliphatic rings. The zero-order valence-corrected chi connectivity index (χ0v) is 14.3. The lowest BCUT2D eigenvalue weighted by molar-refractivity contribution is 0.106. The quantitative estimate of drug-likeness (QED) is 0.727. The Balaban J connectivity index is 1.63. The maximum atomic E-state index is 13.3. The second-order valence-electron chi connectivity index (χ2n) is 6.07. The third kappa shape index (κ3) is 3.27. The van der Waals surface area contributed by atoms with E-state index in [1.807, 2.05) is 0 Å². The second-order valence-corrected chi connectivity index (χ2v) is 7.75. The molecule has 0 saturated carbocycles. The van der Waals surface area contributed by atoms with E-state index in [0.29, 0.717) is 29.5 Å². The first-order valence-corrected chi connectivity index (χ1v) is 9.49. The molecule has 6 nitrogen and oxygen atoms in total. The monoisotopic (exact) mass is 379 g/mol. The summed E-state index contributed by atoms with van der Waals surface area (Å²) in [5.74, 6) is -1.23. The van der Waals surface area contributed by atoms with Crippen LogP contribution in [0.5, 0.6) is 0 Å². The summed E-state index contributed by atoms with van der Waals surface area (Å²) in [6, 6.07) is 6.91. The van der Waals surface area contributed by atoms with Crippen molar-refractivity contribution >= 4 is 26.7 Å². The summed E-state index contributed by atoms with van der Waals surface area (Å²) < 4.78 is 59.2. The van der Waals surface area contributed by atoms with Crippen LogP contribution in [0, 0.1) is 11.6 Å². The summed E-state index contributed by atoms with van der Waals surface area (Å²) in [7, 11) is -4.12. The van der Waals surface area contributed by atoms with E-state index in [2.05, 4.69) is 14.7 Å². The number of rotatable bonds is 4. The number of hydrogen-bond acceptors (Lipinski definition) is 4. The number of aromatic nitrogens is 2. The molecule has 2 aromatic carbocycles. The van der Waals surface area contributed by atoms with Gasteiger partial charge in [0.25, 0.3) is 10.0 Å². The number of anilines is 1. The molecule has 3 aromatic rings. The SMILES string of the molecule is O=S(=O)(Nc1ccc2nc(C3CCCO3)[nH]c2c1)c1cc(F)cc(F)c1. The summed E-state index contributed by atoms with van der Waals surface area (Å²) in [5.41, 5.74) is 1.57. The van der Waals surface area contributed by atoms with Gasteiger partial charge in [0.1, 0.15) is 23.6 Å². The smallest absolute Gasteiger partial charge is 0.262 e. The van der Waals surface area contributed by atoms with Gasteiger partial charge in [0.05, 0.1) is 21.6 Å². The van der Waals surface area contributed by atoms with Crippen LogP contribution in [0.15, 0.2) is 41.3 Å². The number of nitrogens with zero attached hydrogens (tertiary/aromatic N) is 1. The van der Waals surface area contributed by atoms with Crippen LogP contribution in [-0.4, -0.2) is 25.0 Å². The standard InChI is InChI=1S/C17H15F2N3O3S/c18-10-6-11(19)8-13(7-10)26(23,24)22-12-3-4-14-15(9-12)21-17(20-14)16-2-1-5-25-16/h3-4,6-9,16,22H,1-2,5H2,(H,20,21). The Morgan fingerprint density at radius 1 is 1.15 bits per heavy atom. The average molecular weight is 379 g/mol. The molecular weight excluding hydrogens is 364 g/mol. The molecule has 9 heteroatoms. The number of fused-ring (bicyclic) bond motifs is 1. The van der Waals surface area contributed by atoms with Crippen molar-refractivity contribution in [1.29, 1.82) is 0 Å². The Morgan fingerprint density at radius 3 is 2.62 bits per heavy atom. The number of imidazole rings is 1. The van der Waals surface area contributed by atoms with E-state index in [1.54, 1.807) is 12.1 Å². The molecule has 2 N–H and O–H groups in total. The van der Waals surface area contributed by atoms with Gasteiger partial charge in [0, 0.05) is 12.7 Å². The molecule has 1 unspecified atom stereocenters. The van der Waals surface area contributed by atoms with Crippen molar-refractivity contribution in [1.82, 2.24) is 9.97 Å². The van der Waals surface area contributed by atoms with Crippen LogP contribution in [0.25, 0.3) is 11.0 Å². The van der Waals surface area contributed by atoms with Crippen molar-refractivity contribution in [2.45, 2.75) is 23.8 Å². The highest BCUT2D eigenvalue weighted by molar-refractivity contribution is 7.92. The van der Waals surface area contributed by atoms with Crippen molar-refractivity contribution in [2.75, 3.05) is 11.3 Å². The Hall–Kier alpha value is -2.52. The molecule has 1 atom stereocenters. The van der Waals surface area contributed by atoms with E-state index in [-0.39, 0.29) is 11.8 Å². The lowest BCUT2D eigenvalue weighted by Gasteiger charge is -2.08. The van der Waals surface area contributed by atoms with E-state index >= 15 is 0 Å². The molecule has 26 heavy (non-hydrogen) atoms. The molecule has 1 fully saturated rings. The summed E-state index contributed by atoms with van der Waals surface area (Å²) in [6.07, 6.45) is 1.76. The van der Waals surface area contributed by atoms with Gasteiger partial charge in [0.15, 0.2) is 0 Å². The van der Waals surface area contributed by atoms with Gasteiger partial charge in [-0.25, -0.2) is 22.2 Å². The highest BCUT2D eigenvalue weighted by Gasteiger charge is 2.21. The van der Waals surface area contributed by atoms with E-state index in [9.17, 15) is 17.2 Å². The minimum atomic E-state index is -4.12. The third-order valence-corrected chi connectivity index (χ3v) is 5.49. The third-order valence-electron chi connectivity index (χ3n) is 4.13. The molecule has 0 spiro atoms. The topological polar surface area (TPSA) is 84.1 Å². The van der Waals surface area contributed by atoms with Gasteiger partial charge in [-0.15, -0.1) is 0 Å². The summed E-state index contributed by atoms with van der Waals surface area (Å²) in [6.45, 7) is 0.691. The number of nitrogens with one attached hydrogen (secondary N) is 2. The number of aromatic amines is 1. The van der Waals surface area contributed by atoms with Gasteiger partial charge in [-0.2, -0.15) is 0 Å². The maximum Gasteiger partial charge on any atom is 0.262 e. The van der Waals surface area contributed by atoms with E-state index < -0.39 is 26.6 Å². The first kappa shape index (κ1) is 16.9. The van der Waals surface area contributed by atoms with Crippen molar-refractivity contribution in [3.8, 4) is 0 Å². The van der Waals surface area contributed by atoms with Gasteiger partial charge in [-0.05, 0) is 43.2 Å². The Labute approximate surface area is 148 Å². The van der Waals surface area contributed by atoms with Gasteiger partial charge >= 0.3 is 0 Å². The molecule has 0 aliphatic carbocycles. The fraction of sp³-hybridized carbons (Fsp3) is 0.235. The summed E-state index contributed by atoms with van der Waals surface area (Å²) >= 11 is 0. The normalized spacial score (nSPS) is 17.7. The maximum absolute atomic E-state index is 13.3. The molecule has 2 heterocycles. The highest BCUT2D eigenvalue weighted by Crippen LogP contribution is 2.29. The average Bonchev–Trinajstić information content (AvgIpc) is 3.22. The molecule has 0 amide bonds. The van der Waals surface area contributed by atoms with E-state index in [0.717, 1.165) is 25.0 Å². The minimum absolute atomic E-state index is 0.0854. The van der Waals surface area contributed by atoms with Gasteiger partial charge in [-0.3, -0.25) is 4.72 Å². The number of halogens is 2. The Morgan fingerprint density at radius 2 is 1.92 bits per heavy atom. The first-order valence-electron chi connectivity index (χ1n) is 8.01. The van der Waals surface area contributed by atoms with E-state index in [1.165, 1.54) is 6.07 Å². The van der Waals surface area contributed by atoms with Crippen molar-refractivity contribution in [3.63, 3.8) is 0 Å². The second kappa shape index (κ2) is 6.33. The fourth-order valence-corrected chi connectivity index (χ4v) is 4.03. The van der Waals surface area contributed by atoms with Crippen LogP contribution in [0.3, 0.4) is 0 Å². The Kier molecular flexibility index (Phi) is 4.12. The van der Waals surface area contributed by atoms with Gasteiger partial charge in [-0.1, -0.05) is 0 Å². The predicted octanol–water partition coefficient (Wildman–Crippen LogP) is 3.49. The summed E-state index contributed by atoms with van der Waals surface area (Å²) in [4.78, 5) is 7.10. The zero-order valence-electron chi connectivity index (χ0n) is 13.5. The number of hydrogen-bond donors (Lipinski definition) is 2. The number of sulfonamides is 1. The molecule has 1 aromatic heterocycles. The van der Waals surface area contributed by atoms with Crippen molar-refractivity contribution < 1.29 is 21.9 Å². The molecule has 4 rings (SSSR count). The lowest BCUT2D eigenvalue weighted by atomic mass is 10.2. The molecule has 0 radical (unpaired) electrons. The van der Waals surface area contributed by atoms with Crippen LogP contribution in [0.1, 0.15) is 24.8 Å². The van der Waals surface area contributed by atoms with Crippen LogP contribution in [0.2, 0.25) is 0 Å². The predicted molar refractivity (Wildman–Crippen MR) is 91.2 cm³/mol. The molecule has 136 valence electrons. The largest absolute Gasteiger partial charge is 0.370 e. The number of benzene rings is 2. The van der Waals surface area contributed by atoms with Gasteiger partial charge < -0.3 is 9.72 Å². The summed E-state index contributed by atoms with van der Waals surface area (Å²) in [5, 5.41) is 0. The lowest BCUT2D eigenvalue weighted by Crippen LogP contribution is -2.13. The molecular formula is C17H15F2N3O3S. The van der Waals surface area contributed by atoms with Gasteiger partial charge in [0.2, 0.25) is 0 Å². The van der Waals surface area contributed by atoms with Crippen LogP contribution in [-0.2, 0) is 14.8 Å². The molecule has 0 bridgehead atoms. The Bertz CT molecular complexity index is 1060. The number of H-pyrrole nitrogens is 1. The zero-order chi connectivity index (χ0) is 18.3. The van der Waals surface area contributed by atoms with Crippen molar-refractivity contribution in [3.05, 3.63) is 53.9 Å². The molecule has 1 aliphatic heterocycles.